The van der Waals surface area contributed by atoms with Crippen molar-refractivity contribution in [3.63, 3.8) is 0 Å². The summed E-state index contributed by atoms with van der Waals surface area (Å²) in [4.78, 5) is 66.9. The molecule has 0 spiro atoms. The molecule has 0 radical (unpaired) electrons. The van der Waals surface area contributed by atoms with Crippen LogP contribution in [0.4, 0.5) is 0 Å². The summed E-state index contributed by atoms with van der Waals surface area (Å²) in [5.41, 5.74) is 12.6. The maximum atomic E-state index is 12.5. The second-order valence-electron chi connectivity index (χ2n) is 14.8. The van der Waals surface area contributed by atoms with Gasteiger partial charge in [0.05, 0.1) is 29.5 Å². The van der Waals surface area contributed by atoms with E-state index >= 15 is 0 Å². The van der Waals surface area contributed by atoms with Crippen molar-refractivity contribution in [2.75, 3.05) is 0 Å². The van der Waals surface area contributed by atoms with Gasteiger partial charge in [-0.05, 0) is 104 Å². The lowest BCUT2D eigenvalue weighted by Gasteiger charge is -2.08. The van der Waals surface area contributed by atoms with E-state index in [0.717, 1.165) is 78.8 Å². The van der Waals surface area contributed by atoms with Crippen LogP contribution in [0.15, 0.2) is 135 Å². The number of pyridine rings is 6. The van der Waals surface area contributed by atoms with Gasteiger partial charge in [0.15, 0.2) is 0 Å². The van der Waals surface area contributed by atoms with E-state index in [1.807, 2.05) is 69.3 Å². The molecule has 0 amide bonds. The fraction of sp³-hybridized carbons (Fsp3) is 0.167. The van der Waals surface area contributed by atoms with Gasteiger partial charge in [-0.2, -0.15) is 0 Å². The molecule has 0 bridgehead atoms. The molecule has 8 heterocycles. The third-order valence-electron chi connectivity index (χ3n) is 9.52. The molecular formula is C48H44BClN10O4. The summed E-state index contributed by atoms with van der Waals surface area (Å²) in [6.07, 6.45) is 21.3. The zero-order chi connectivity index (χ0) is 45.4. The van der Waals surface area contributed by atoms with Gasteiger partial charge < -0.3 is 10.0 Å². The Morgan fingerprint density at radius 1 is 0.500 bits per heavy atom. The number of rotatable bonds is 12. The average Bonchev–Trinajstić information content (AvgIpc) is 3.29. The molecule has 8 aromatic rings. The Labute approximate surface area is 376 Å². The summed E-state index contributed by atoms with van der Waals surface area (Å²) >= 11 is 5.90. The predicted molar refractivity (Wildman–Crippen MR) is 245 cm³/mol. The number of Topliss-reactive ketones (excluding diaryl/α,β-unsaturated/α-hetero) is 2. The minimum Gasteiger partial charge on any atom is -0.423 e. The van der Waals surface area contributed by atoms with Crippen molar-refractivity contribution in [2.45, 2.75) is 53.4 Å². The van der Waals surface area contributed by atoms with E-state index in [2.05, 4.69) is 49.8 Å². The highest BCUT2D eigenvalue weighted by atomic mass is 35.5. The molecule has 320 valence electrons. The maximum absolute atomic E-state index is 12.5. The van der Waals surface area contributed by atoms with Gasteiger partial charge in [0.25, 0.3) is 0 Å². The van der Waals surface area contributed by atoms with Crippen molar-refractivity contribution in [1.82, 2.24) is 49.8 Å². The van der Waals surface area contributed by atoms with Crippen molar-refractivity contribution in [3.05, 3.63) is 185 Å². The molecule has 0 aliphatic heterocycles. The molecule has 2 N–H and O–H groups in total. The summed E-state index contributed by atoms with van der Waals surface area (Å²) in [5.74, 6) is 0.182. The molecule has 14 nitrogen and oxygen atoms in total. The van der Waals surface area contributed by atoms with E-state index < -0.39 is 7.12 Å². The zero-order valence-electron chi connectivity index (χ0n) is 35.7. The number of ketones is 2. The van der Waals surface area contributed by atoms with Crippen LogP contribution in [0.2, 0.25) is 5.15 Å². The van der Waals surface area contributed by atoms with Crippen LogP contribution in [0.1, 0.15) is 45.0 Å². The Morgan fingerprint density at radius 3 is 1.47 bits per heavy atom. The third kappa shape index (κ3) is 13.8. The summed E-state index contributed by atoms with van der Waals surface area (Å²) in [6.45, 7) is 7.64. The van der Waals surface area contributed by atoms with Crippen molar-refractivity contribution in [3.8, 4) is 33.8 Å². The molecule has 64 heavy (non-hydrogen) atoms. The van der Waals surface area contributed by atoms with Crippen LogP contribution in [0.3, 0.4) is 0 Å². The highest BCUT2D eigenvalue weighted by Gasteiger charge is 2.13. The van der Waals surface area contributed by atoms with Crippen LogP contribution in [-0.4, -0.2) is 78.6 Å². The molecule has 16 heteroatoms. The predicted octanol–water partition coefficient (Wildman–Crippen LogP) is 6.29. The van der Waals surface area contributed by atoms with E-state index in [0.29, 0.717) is 23.5 Å². The standard InChI is InChI=1S/C24H21N5O.C18H15ClN4O.C6H8BNO2/c1-16-9-18(13-29-24(16)19-5-6-26-17(2)10-19)11-22(30)12-21-4-3-20(14-28-21)23-15-25-7-8-27-23;1-12-6-13(9-23-18(12)19)7-16(24)8-15-3-2-14(10-22-15)17-11-20-4-5-21-17;1-5-4-6(7(9)10)2-3-8-5/h3-10,13-15H,11-12H2,1-2H3;2-6,9-11H,7-8H2,1H3;2-4,9-10H,1H3. The van der Waals surface area contributed by atoms with Gasteiger partial charge in [-0.15, -0.1) is 0 Å². The Kier molecular flexibility index (Phi) is 16.4. The van der Waals surface area contributed by atoms with Gasteiger partial charge in [-0.3, -0.25) is 54.4 Å². The van der Waals surface area contributed by atoms with Crippen LogP contribution in [0, 0.1) is 27.7 Å². The number of carbonyl (C=O) groups excluding carboxylic acids is 2. The second kappa shape index (κ2) is 22.7. The summed E-state index contributed by atoms with van der Waals surface area (Å²) in [5, 5.41) is 17.8. The largest absolute Gasteiger partial charge is 0.488 e. The SMILES string of the molecule is Cc1cc(-c2ncc(CC(=O)Cc3ccc(-c4cnccn4)cn3)cc2C)ccn1.Cc1cc(B(O)O)ccn1.Cc1cc(CC(=O)Cc2ccc(-c3cnccn3)cn2)cnc1Cl. The van der Waals surface area contributed by atoms with Crippen molar-refractivity contribution < 1.29 is 19.6 Å². The fourth-order valence-corrected chi connectivity index (χ4v) is 6.51. The smallest absolute Gasteiger partial charge is 0.423 e. The molecule has 8 aromatic heterocycles. The molecule has 0 fully saturated rings. The van der Waals surface area contributed by atoms with E-state index in [-0.39, 0.29) is 24.4 Å². The van der Waals surface area contributed by atoms with E-state index in [9.17, 15) is 9.59 Å². The van der Waals surface area contributed by atoms with Crippen molar-refractivity contribution in [1.29, 1.82) is 0 Å². The number of hydrogen-bond donors (Lipinski definition) is 2. The first-order valence-corrected chi connectivity index (χ1v) is 20.5. The Balaban J connectivity index is 0.000000178. The topological polar surface area (TPSA) is 203 Å². The van der Waals surface area contributed by atoms with Gasteiger partial charge in [0.2, 0.25) is 0 Å². The molecule has 0 atom stereocenters. The van der Waals surface area contributed by atoms with Gasteiger partial charge >= 0.3 is 7.12 Å². The Morgan fingerprint density at radius 2 is 1.03 bits per heavy atom. The normalized spacial score (nSPS) is 10.5. The number of aromatic nitrogens is 10. The van der Waals surface area contributed by atoms with Crippen LogP contribution in [0.25, 0.3) is 33.8 Å². The number of aryl methyl sites for hydroxylation is 4. The van der Waals surface area contributed by atoms with Crippen LogP contribution in [-0.2, 0) is 35.3 Å². The van der Waals surface area contributed by atoms with E-state index in [4.69, 9.17) is 21.6 Å². The Hall–Kier alpha value is -7.33. The van der Waals surface area contributed by atoms with Crippen LogP contribution >= 0.6 is 11.6 Å². The van der Waals surface area contributed by atoms with Crippen molar-refractivity contribution >= 4 is 35.7 Å². The van der Waals surface area contributed by atoms with Gasteiger partial charge in [0.1, 0.15) is 16.7 Å². The Bertz CT molecular complexity index is 2800. The molecular weight excluding hydrogens is 827 g/mol. The summed E-state index contributed by atoms with van der Waals surface area (Å²) in [6, 6.07) is 18.6. The quantitative estimate of drug-likeness (QED) is 0.102. The lowest BCUT2D eigenvalue weighted by atomic mass is 9.81. The number of carbonyl (C=O) groups is 2. The first-order valence-electron chi connectivity index (χ1n) is 20.1. The number of hydrogen-bond acceptors (Lipinski definition) is 14. The minimum absolute atomic E-state index is 0.0817. The molecule has 0 aliphatic carbocycles. The third-order valence-corrected chi connectivity index (χ3v) is 9.92. The molecule has 0 aromatic carbocycles. The fourth-order valence-electron chi connectivity index (χ4n) is 6.41. The summed E-state index contributed by atoms with van der Waals surface area (Å²) in [7, 11) is -1.39. The first-order chi connectivity index (χ1) is 30.9. The number of nitrogens with zero attached hydrogens (tertiary/aromatic N) is 10. The van der Waals surface area contributed by atoms with Gasteiger partial charge in [-0.25, -0.2) is 4.98 Å². The first kappa shape index (κ1) is 46.2. The molecule has 8 rings (SSSR count). The minimum atomic E-state index is -1.39. The zero-order valence-corrected chi connectivity index (χ0v) is 36.4. The lowest BCUT2D eigenvalue weighted by molar-refractivity contribution is -0.118. The van der Waals surface area contributed by atoms with E-state index in [1.54, 1.807) is 93.4 Å². The van der Waals surface area contributed by atoms with Crippen LogP contribution in [0.5, 0.6) is 0 Å². The van der Waals surface area contributed by atoms with Crippen molar-refractivity contribution in [2.24, 2.45) is 0 Å². The second-order valence-corrected chi connectivity index (χ2v) is 15.2. The maximum Gasteiger partial charge on any atom is 0.488 e. The van der Waals surface area contributed by atoms with Gasteiger partial charge in [0, 0.05) is 127 Å². The average molecular weight is 871 g/mol. The molecule has 0 aliphatic rings. The van der Waals surface area contributed by atoms with E-state index in [1.165, 1.54) is 0 Å². The molecule has 0 unspecified atom stereocenters. The highest BCUT2D eigenvalue weighted by molar-refractivity contribution is 6.58. The monoisotopic (exact) mass is 870 g/mol. The van der Waals surface area contributed by atoms with Crippen LogP contribution < -0.4 is 5.46 Å². The lowest BCUT2D eigenvalue weighted by Crippen LogP contribution is -2.29. The summed E-state index contributed by atoms with van der Waals surface area (Å²) < 4.78 is 0. The molecule has 0 saturated heterocycles. The molecule has 0 saturated carbocycles. The highest BCUT2D eigenvalue weighted by Crippen LogP contribution is 2.23. The van der Waals surface area contributed by atoms with Gasteiger partial charge in [-0.1, -0.05) is 23.7 Å². The number of halogens is 1.